The third-order valence-electron chi connectivity index (χ3n) is 2.25. The van der Waals surface area contributed by atoms with Gasteiger partial charge >= 0.3 is 0 Å². The van der Waals surface area contributed by atoms with Crippen LogP contribution in [0, 0.1) is 5.92 Å². The molecule has 0 heterocycles. The number of rotatable bonds is 1. The highest BCUT2D eigenvalue weighted by Crippen LogP contribution is 2.24. The average molecular weight is 162 g/mol. The van der Waals surface area contributed by atoms with Gasteiger partial charge in [0, 0.05) is 18.9 Å². The minimum atomic E-state index is -0.840. The van der Waals surface area contributed by atoms with Crippen LogP contribution >= 0.6 is 0 Å². The van der Waals surface area contributed by atoms with Gasteiger partial charge in [0.05, 0.1) is 18.3 Å². The molecule has 0 spiro atoms. The largest absolute Gasteiger partial charge is 0.396 e. The van der Waals surface area contributed by atoms with E-state index in [1.54, 1.807) is 0 Å². The predicted molar refractivity (Wildman–Crippen MR) is 37.8 cm³/mol. The predicted octanol–water partition coefficient (Wildman–Crippen LogP) is -1.53. The normalized spacial score (nSPS) is 45.8. The summed E-state index contributed by atoms with van der Waals surface area (Å²) >= 11 is 0. The number of hydrogen-bond acceptors (Lipinski definition) is 4. The Kier molecular flexibility index (Phi) is 2.84. The number of hydrogen-bond donors (Lipinski definition) is 4. The Balaban J connectivity index is 2.48. The molecule has 1 fully saturated rings. The second kappa shape index (κ2) is 3.49. The van der Waals surface area contributed by atoms with Crippen LogP contribution in [-0.2, 0) is 0 Å². The van der Waals surface area contributed by atoms with Gasteiger partial charge < -0.3 is 20.4 Å². The minimum Gasteiger partial charge on any atom is -0.396 e. The number of aliphatic hydroxyl groups excluding tert-OH is 4. The van der Waals surface area contributed by atoms with Gasteiger partial charge in [0.15, 0.2) is 0 Å². The maximum atomic E-state index is 9.23. The second-order valence-electron chi connectivity index (χ2n) is 3.12. The van der Waals surface area contributed by atoms with Crippen LogP contribution in [-0.4, -0.2) is 45.3 Å². The summed E-state index contributed by atoms with van der Waals surface area (Å²) in [4.78, 5) is 0. The molecule has 0 radical (unpaired) electrons. The van der Waals surface area contributed by atoms with Crippen LogP contribution in [0.4, 0.5) is 0 Å². The van der Waals surface area contributed by atoms with E-state index in [2.05, 4.69) is 0 Å². The van der Waals surface area contributed by atoms with E-state index in [1.165, 1.54) is 0 Å². The van der Waals surface area contributed by atoms with Gasteiger partial charge in [0.2, 0.25) is 0 Å². The van der Waals surface area contributed by atoms with Crippen LogP contribution in [0.5, 0.6) is 0 Å². The van der Waals surface area contributed by atoms with Crippen molar-refractivity contribution in [2.75, 3.05) is 6.61 Å². The van der Waals surface area contributed by atoms with E-state index in [1.807, 2.05) is 0 Å². The maximum absolute atomic E-state index is 9.23. The first-order chi connectivity index (χ1) is 5.15. The molecule has 4 nitrogen and oxygen atoms in total. The van der Waals surface area contributed by atoms with Gasteiger partial charge in [-0.2, -0.15) is 0 Å². The molecule has 0 amide bonds. The highest BCUT2D eigenvalue weighted by molar-refractivity contribution is 4.84. The molecule has 66 valence electrons. The molecular weight excluding hydrogens is 148 g/mol. The SMILES string of the molecule is OCC1CC(O)C(O)CC1O. The fourth-order valence-electron chi connectivity index (χ4n) is 1.42. The molecule has 0 aromatic rings. The van der Waals surface area contributed by atoms with Crippen molar-refractivity contribution in [1.82, 2.24) is 0 Å². The van der Waals surface area contributed by atoms with E-state index < -0.39 is 18.3 Å². The molecular formula is C7H14O4. The van der Waals surface area contributed by atoms with Crippen LogP contribution < -0.4 is 0 Å². The van der Waals surface area contributed by atoms with Crippen molar-refractivity contribution in [3.8, 4) is 0 Å². The van der Waals surface area contributed by atoms with E-state index in [0.717, 1.165) is 0 Å². The summed E-state index contributed by atoms with van der Waals surface area (Å²) in [6.45, 7) is -0.134. The Hall–Kier alpha value is -0.160. The van der Waals surface area contributed by atoms with Crippen molar-refractivity contribution in [3.63, 3.8) is 0 Å². The number of aliphatic hydroxyl groups is 4. The maximum Gasteiger partial charge on any atom is 0.0823 e. The minimum absolute atomic E-state index is 0.134. The highest BCUT2D eigenvalue weighted by Gasteiger charge is 2.33. The zero-order valence-corrected chi connectivity index (χ0v) is 6.22. The van der Waals surface area contributed by atoms with Gasteiger partial charge in [-0.3, -0.25) is 0 Å². The summed E-state index contributed by atoms with van der Waals surface area (Å²) in [6, 6.07) is 0. The van der Waals surface area contributed by atoms with Crippen molar-refractivity contribution in [1.29, 1.82) is 0 Å². The van der Waals surface area contributed by atoms with Gasteiger partial charge in [-0.1, -0.05) is 0 Å². The summed E-state index contributed by atoms with van der Waals surface area (Å²) in [6.07, 6.45) is -1.88. The third-order valence-corrected chi connectivity index (χ3v) is 2.25. The van der Waals surface area contributed by atoms with Crippen molar-refractivity contribution >= 4 is 0 Å². The molecule has 0 saturated heterocycles. The Morgan fingerprint density at radius 2 is 1.45 bits per heavy atom. The Morgan fingerprint density at radius 1 is 0.909 bits per heavy atom. The van der Waals surface area contributed by atoms with Crippen molar-refractivity contribution in [2.45, 2.75) is 31.2 Å². The quantitative estimate of drug-likeness (QED) is 0.377. The molecule has 4 heteroatoms. The first-order valence-corrected chi connectivity index (χ1v) is 3.80. The van der Waals surface area contributed by atoms with Crippen molar-refractivity contribution in [3.05, 3.63) is 0 Å². The topological polar surface area (TPSA) is 80.9 Å². The van der Waals surface area contributed by atoms with E-state index in [4.69, 9.17) is 15.3 Å². The summed E-state index contributed by atoms with van der Waals surface area (Å²) in [5.74, 6) is -0.284. The van der Waals surface area contributed by atoms with Crippen LogP contribution in [0.15, 0.2) is 0 Å². The summed E-state index contributed by atoms with van der Waals surface area (Å²) < 4.78 is 0. The van der Waals surface area contributed by atoms with Crippen LogP contribution in [0.2, 0.25) is 0 Å². The molecule has 11 heavy (non-hydrogen) atoms. The highest BCUT2D eigenvalue weighted by atomic mass is 16.3. The Bertz CT molecular complexity index is 128. The van der Waals surface area contributed by atoms with Crippen LogP contribution in [0.25, 0.3) is 0 Å². The molecule has 0 aliphatic heterocycles. The monoisotopic (exact) mass is 162 g/mol. The van der Waals surface area contributed by atoms with Crippen LogP contribution in [0.1, 0.15) is 12.8 Å². The molecule has 1 aliphatic carbocycles. The summed E-state index contributed by atoms with van der Waals surface area (Å²) in [5.41, 5.74) is 0. The standard InChI is InChI=1S/C7H14O4/c8-3-4-1-6(10)7(11)2-5(4)9/h4-11H,1-3H2. The van der Waals surface area contributed by atoms with E-state index in [-0.39, 0.29) is 25.4 Å². The molecule has 1 aliphatic rings. The first-order valence-electron chi connectivity index (χ1n) is 3.80. The molecule has 4 unspecified atom stereocenters. The lowest BCUT2D eigenvalue weighted by atomic mass is 9.83. The second-order valence-corrected chi connectivity index (χ2v) is 3.12. The van der Waals surface area contributed by atoms with Crippen molar-refractivity contribution < 1.29 is 20.4 Å². The lowest BCUT2D eigenvalue weighted by Crippen LogP contribution is -2.43. The third kappa shape index (κ3) is 1.90. The smallest absolute Gasteiger partial charge is 0.0823 e. The zero-order valence-electron chi connectivity index (χ0n) is 6.22. The molecule has 0 aromatic carbocycles. The summed E-state index contributed by atoms with van der Waals surface area (Å²) in [7, 11) is 0. The van der Waals surface area contributed by atoms with Gasteiger partial charge in [-0.15, -0.1) is 0 Å². The Labute approximate surface area is 65.1 Å². The molecule has 0 bridgehead atoms. The van der Waals surface area contributed by atoms with Gasteiger partial charge in [-0.25, -0.2) is 0 Å². The fraction of sp³-hybridized carbons (Fsp3) is 1.00. The molecule has 0 aromatic heterocycles. The van der Waals surface area contributed by atoms with E-state index >= 15 is 0 Å². The summed E-state index contributed by atoms with van der Waals surface area (Å²) in [5, 5.41) is 36.1. The average Bonchev–Trinajstić information content (AvgIpc) is 1.97. The van der Waals surface area contributed by atoms with Crippen LogP contribution in [0.3, 0.4) is 0 Å². The van der Waals surface area contributed by atoms with Crippen molar-refractivity contribution in [2.24, 2.45) is 5.92 Å². The van der Waals surface area contributed by atoms with Gasteiger partial charge in [-0.05, 0) is 6.42 Å². The van der Waals surface area contributed by atoms with E-state index in [0.29, 0.717) is 0 Å². The van der Waals surface area contributed by atoms with Gasteiger partial charge in [0.1, 0.15) is 0 Å². The molecule has 4 N–H and O–H groups in total. The lowest BCUT2D eigenvalue weighted by molar-refractivity contribution is -0.0868. The lowest BCUT2D eigenvalue weighted by Gasteiger charge is -2.33. The Morgan fingerprint density at radius 3 is 2.00 bits per heavy atom. The molecule has 1 saturated carbocycles. The zero-order chi connectivity index (χ0) is 8.43. The van der Waals surface area contributed by atoms with E-state index in [9.17, 15) is 5.11 Å². The molecule has 4 atom stereocenters. The molecule has 1 rings (SSSR count). The first kappa shape index (κ1) is 8.93. The van der Waals surface area contributed by atoms with Gasteiger partial charge in [0.25, 0.3) is 0 Å². The fourth-order valence-corrected chi connectivity index (χ4v) is 1.42.